The number of carboxylic acid groups (broad SMARTS) is 1. The van der Waals surface area contributed by atoms with Gasteiger partial charge in [0.05, 0.1) is 11.7 Å². The zero-order valence-electron chi connectivity index (χ0n) is 15.6. The van der Waals surface area contributed by atoms with Gasteiger partial charge in [0.2, 0.25) is 0 Å². The molecule has 128 valence electrons. The first-order chi connectivity index (χ1) is 12.5. The van der Waals surface area contributed by atoms with E-state index in [0.717, 1.165) is 16.8 Å². The van der Waals surface area contributed by atoms with Crippen LogP contribution >= 0.6 is 0 Å². The maximum Gasteiger partial charge on any atom is 1.00 e. The minimum Gasteiger partial charge on any atom is -0.545 e. The van der Waals surface area contributed by atoms with Crippen molar-refractivity contribution < 1.29 is 28.8 Å². The van der Waals surface area contributed by atoms with Gasteiger partial charge in [-0.05, 0) is 48.2 Å². The average molecular weight is 348 g/mol. The van der Waals surface area contributed by atoms with Gasteiger partial charge in [-0.3, -0.25) is 0 Å². The second kappa shape index (κ2) is 7.44. The number of hydrogen-bond acceptors (Lipinski definition) is 3. The maximum absolute atomic E-state index is 11.0. The molecule has 0 unspecified atom stereocenters. The van der Waals surface area contributed by atoms with E-state index in [1.165, 1.54) is 29.0 Å². The van der Waals surface area contributed by atoms with Gasteiger partial charge in [0.1, 0.15) is 5.65 Å². The van der Waals surface area contributed by atoms with Crippen LogP contribution in [-0.2, 0) is 0 Å². The van der Waals surface area contributed by atoms with Crippen LogP contribution in [-0.4, -0.2) is 15.4 Å². The zero-order valence-corrected chi connectivity index (χ0v) is 15.6. The first-order valence-electron chi connectivity index (χ1n) is 8.39. The Morgan fingerprint density at radius 3 is 2.19 bits per heavy atom. The predicted octanol–water partition coefficient (Wildman–Crippen LogP) is 0.653. The largest absolute Gasteiger partial charge is 1.00 e. The Bertz CT molecular complexity index is 1130. The fourth-order valence-corrected chi connectivity index (χ4v) is 3.01. The van der Waals surface area contributed by atoms with E-state index in [4.69, 9.17) is 0 Å². The summed E-state index contributed by atoms with van der Waals surface area (Å²) in [5.41, 5.74) is 7.51. The second-order valence-corrected chi connectivity index (χ2v) is 6.47. The predicted molar refractivity (Wildman–Crippen MR) is 99.9 cm³/mol. The minimum atomic E-state index is -1.19. The van der Waals surface area contributed by atoms with Crippen molar-refractivity contribution in [2.45, 2.75) is 13.8 Å². The van der Waals surface area contributed by atoms with Crippen LogP contribution in [0.25, 0.3) is 28.0 Å². The van der Waals surface area contributed by atoms with E-state index < -0.39 is 5.97 Å². The Morgan fingerprint density at radius 1 is 0.852 bits per heavy atom. The van der Waals surface area contributed by atoms with Crippen LogP contribution in [0.3, 0.4) is 0 Å². The van der Waals surface area contributed by atoms with Gasteiger partial charge in [-0.15, -0.1) is 0 Å². The standard InChI is InChI=1S/C22H18N2O2.Li/c1-14-3-4-18(11-15(14)2)16-5-7-17(8-6-16)20-13-24-12-19(22(25)26)9-10-21(24)23-20;/h3-13H,1-2H3,(H,25,26);/q;+1/p-1. The maximum atomic E-state index is 11.0. The molecule has 0 aliphatic heterocycles. The van der Waals surface area contributed by atoms with E-state index in [1.807, 2.05) is 18.3 Å². The number of carbonyl (C=O) groups excluding carboxylic acids is 1. The Morgan fingerprint density at radius 2 is 1.52 bits per heavy atom. The molecule has 2 aromatic heterocycles. The smallest absolute Gasteiger partial charge is 0.545 e. The summed E-state index contributed by atoms with van der Waals surface area (Å²) in [6.45, 7) is 4.22. The van der Waals surface area contributed by atoms with Gasteiger partial charge in [0, 0.05) is 23.5 Å². The molecule has 0 saturated carbocycles. The van der Waals surface area contributed by atoms with Crippen LogP contribution in [0.2, 0.25) is 0 Å². The molecule has 0 fully saturated rings. The van der Waals surface area contributed by atoms with Crippen molar-refractivity contribution >= 4 is 11.6 Å². The third-order valence-corrected chi connectivity index (χ3v) is 4.71. The van der Waals surface area contributed by atoms with Gasteiger partial charge in [0.15, 0.2) is 0 Å². The van der Waals surface area contributed by atoms with Crippen LogP contribution in [0.4, 0.5) is 0 Å². The number of aromatic carboxylic acids is 1. The molecule has 0 N–H and O–H groups in total. The average Bonchev–Trinajstić information content (AvgIpc) is 3.07. The van der Waals surface area contributed by atoms with Crippen molar-refractivity contribution in [2.24, 2.45) is 0 Å². The Labute approximate surface area is 169 Å². The number of aryl methyl sites for hydroxylation is 2. The summed E-state index contributed by atoms with van der Waals surface area (Å²) < 4.78 is 1.71. The molecular weight excluding hydrogens is 331 g/mol. The molecule has 0 aliphatic rings. The van der Waals surface area contributed by atoms with Crippen LogP contribution in [0.1, 0.15) is 21.5 Å². The topological polar surface area (TPSA) is 57.4 Å². The summed E-state index contributed by atoms with van der Waals surface area (Å²) in [6.07, 6.45) is 3.34. The number of nitrogens with zero attached hydrogens (tertiary/aromatic N) is 2. The molecule has 5 heteroatoms. The van der Waals surface area contributed by atoms with Crippen LogP contribution in [0.5, 0.6) is 0 Å². The van der Waals surface area contributed by atoms with Crippen molar-refractivity contribution in [1.29, 1.82) is 0 Å². The summed E-state index contributed by atoms with van der Waals surface area (Å²) in [6, 6.07) is 17.9. The second-order valence-electron chi connectivity index (χ2n) is 6.47. The van der Waals surface area contributed by atoms with Crippen molar-refractivity contribution in [3.63, 3.8) is 0 Å². The van der Waals surface area contributed by atoms with Crippen LogP contribution in [0, 0.1) is 13.8 Å². The van der Waals surface area contributed by atoms with Gasteiger partial charge in [-0.25, -0.2) is 4.98 Å². The van der Waals surface area contributed by atoms with Gasteiger partial charge >= 0.3 is 18.9 Å². The van der Waals surface area contributed by atoms with Crippen LogP contribution in [0.15, 0.2) is 67.0 Å². The van der Waals surface area contributed by atoms with Crippen molar-refractivity contribution in [2.75, 3.05) is 0 Å². The Kier molecular flexibility index (Phi) is 5.23. The number of hydrogen-bond donors (Lipinski definition) is 0. The summed E-state index contributed by atoms with van der Waals surface area (Å²) in [7, 11) is 0. The van der Waals surface area contributed by atoms with E-state index in [1.54, 1.807) is 10.5 Å². The fraction of sp³-hybridized carbons (Fsp3) is 0.0909. The van der Waals surface area contributed by atoms with Gasteiger partial charge in [-0.2, -0.15) is 0 Å². The molecule has 0 atom stereocenters. The molecule has 4 rings (SSSR count). The minimum absolute atomic E-state index is 0. The SMILES string of the molecule is Cc1ccc(-c2ccc(-c3cn4cc(C(=O)[O-])ccc4n3)cc2)cc1C.[Li+]. The first kappa shape index (κ1) is 19.0. The molecule has 4 nitrogen and oxygen atoms in total. The first-order valence-corrected chi connectivity index (χ1v) is 8.39. The molecule has 0 bridgehead atoms. The number of benzene rings is 2. The van der Waals surface area contributed by atoms with Crippen molar-refractivity contribution in [3.05, 3.63) is 83.7 Å². The third kappa shape index (κ3) is 3.68. The summed E-state index contributed by atoms with van der Waals surface area (Å²) in [5.74, 6) is -1.19. The number of rotatable bonds is 3. The quantitative estimate of drug-likeness (QED) is 0.511. The molecule has 0 radical (unpaired) electrons. The normalized spacial score (nSPS) is 10.6. The number of imidazole rings is 1. The fourth-order valence-electron chi connectivity index (χ4n) is 3.01. The summed E-state index contributed by atoms with van der Waals surface area (Å²) >= 11 is 0. The van der Waals surface area contributed by atoms with Crippen molar-refractivity contribution in [3.8, 4) is 22.4 Å². The summed E-state index contributed by atoms with van der Waals surface area (Å²) in [4.78, 5) is 15.6. The molecule has 4 aromatic rings. The van der Waals surface area contributed by atoms with Crippen LogP contribution < -0.4 is 24.0 Å². The number of aromatic nitrogens is 2. The molecule has 2 aromatic carbocycles. The van der Waals surface area contributed by atoms with E-state index >= 15 is 0 Å². The zero-order chi connectivity index (χ0) is 18.3. The molecular formula is C22H17LiN2O2. The van der Waals surface area contributed by atoms with Gasteiger partial charge < -0.3 is 14.3 Å². The Hall–Kier alpha value is -2.80. The van der Waals surface area contributed by atoms with E-state index in [2.05, 4.69) is 49.2 Å². The monoisotopic (exact) mass is 348 g/mol. The molecule has 0 amide bonds. The third-order valence-electron chi connectivity index (χ3n) is 4.71. The molecule has 0 spiro atoms. The molecule has 27 heavy (non-hydrogen) atoms. The van der Waals surface area contributed by atoms with E-state index in [0.29, 0.717) is 5.65 Å². The molecule has 2 heterocycles. The number of pyridine rings is 1. The number of carboxylic acids is 1. The summed E-state index contributed by atoms with van der Waals surface area (Å²) in [5, 5.41) is 11.0. The van der Waals surface area contributed by atoms with E-state index in [-0.39, 0.29) is 24.4 Å². The van der Waals surface area contributed by atoms with Gasteiger partial charge in [0.25, 0.3) is 0 Å². The molecule has 0 saturated heterocycles. The number of carbonyl (C=O) groups is 1. The van der Waals surface area contributed by atoms with E-state index in [9.17, 15) is 9.90 Å². The Balaban J connectivity index is 0.00000210. The molecule has 0 aliphatic carbocycles. The van der Waals surface area contributed by atoms with Gasteiger partial charge in [-0.1, -0.05) is 42.5 Å². The van der Waals surface area contributed by atoms with Crippen molar-refractivity contribution in [1.82, 2.24) is 9.38 Å². The number of fused-ring (bicyclic) bond motifs is 1.